The van der Waals surface area contributed by atoms with Gasteiger partial charge in [0.1, 0.15) is 17.4 Å². The first-order chi connectivity index (χ1) is 7.26. The van der Waals surface area contributed by atoms with Crippen molar-refractivity contribution >= 4 is 5.97 Å². The Hall–Kier alpha value is -1.55. The van der Waals surface area contributed by atoms with Gasteiger partial charge in [0.05, 0.1) is 13.7 Å². The maximum atomic E-state index is 11.6. The lowest BCUT2D eigenvalue weighted by Gasteiger charge is -2.24. The zero-order valence-corrected chi connectivity index (χ0v) is 8.40. The van der Waals surface area contributed by atoms with Crippen LogP contribution < -0.4 is 4.74 Å². The Labute approximate surface area is 87.4 Å². The van der Waals surface area contributed by atoms with Crippen LogP contribution in [0.5, 0.6) is 5.75 Å². The van der Waals surface area contributed by atoms with Gasteiger partial charge in [0.15, 0.2) is 0 Å². The number of hydrogen-bond acceptors (Lipinski definition) is 4. The number of cyclic esters (lactones) is 1. The van der Waals surface area contributed by atoms with Crippen LogP contribution in [-0.4, -0.2) is 30.9 Å². The molecule has 1 unspecified atom stereocenters. The van der Waals surface area contributed by atoms with Crippen LogP contribution in [0.4, 0.5) is 0 Å². The number of esters is 1. The van der Waals surface area contributed by atoms with Crippen molar-refractivity contribution in [2.24, 2.45) is 0 Å². The predicted molar refractivity (Wildman–Crippen MR) is 53.0 cm³/mol. The normalized spacial score (nSPS) is 19.3. The molecule has 1 aliphatic heterocycles. The lowest BCUT2D eigenvalue weighted by atomic mass is 9.98. The van der Waals surface area contributed by atoms with E-state index >= 15 is 0 Å². The molecule has 1 atom stereocenters. The molecule has 2 rings (SSSR count). The van der Waals surface area contributed by atoms with E-state index in [1.54, 1.807) is 6.07 Å². The second-order valence-corrected chi connectivity index (χ2v) is 3.41. The summed E-state index contributed by atoms with van der Waals surface area (Å²) >= 11 is 0. The zero-order chi connectivity index (χ0) is 10.8. The summed E-state index contributed by atoms with van der Waals surface area (Å²) < 4.78 is 10.1. The summed E-state index contributed by atoms with van der Waals surface area (Å²) in [4.78, 5) is 11.6. The molecule has 1 heterocycles. The summed E-state index contributed by atoms with van der Waals surface area (Å²) in [7, 11) is 1.51. The molecule has 1 aromatic carbocycles. The monoisotopic (exact) mass is 208 g/mol. The van der Waals surface area contributed by atoms with Crippen LogP contribution in [0.25, 0.3) is 0 Å². The lowest BCUT2D eigenvalue weighted by Crippen LogP contribution is -2.30. The van der Waals surface area contributed by atoms with Gasteiger partial charge in [-0.05, 0) is 11.6 Å². The first-order valence-electron chi connectivity index (χ1n) is 4.74. The van der Waals surface area contributed by atoms with Crippen LogP contribution in [0.3, 0.4) is 0 Å². The zero-order valence-electron chi connectivity index (χ0n) is 8.40. The smallest absolute Gasteiger partial charge is 0.342 e. The van der Waals surface area contributed by atoms with Crippen LogP contribution in [0.1, 0.15) is 15.9 Å². The topological polar surface area (TPSA) is 55.8 Å². The maximum Gasteiger partial charge on any atom is 0.342 e. The molecule has 0 saturated carbocycles. The minimum absolute atomic E-state index is 0.150. The van der Waals surface area contributed by atoms with Crippen LogP contribution in [0, 0.1) is 0 Å². The number of fused-ring (bicyclic) bond motifs is 1. The fourth-order valence-electron chi connectivity index (χ4n) is 1.75. The van der Waals surface area contributed by atoms with Gasteiger partial charge in [0.2, 0.25) is 0 Å². The van der Waals surface area contributed by atoms with Crippen LogP contribution in [0.15, 0.2) is 18.2 Å². The molecule has 0 saturated heterocycles. The summed E-state index contributed by atoms with van der Waals surface area (Å²) in [5, 5.41) is 8.95. The molecule has 1 aliphatic rings. The van der Waals surface area contributed by atoms with Gasteiger partial charge in [-0.1, -0.05) is 12.1 Å². The van der Waals surface area contributed by atoms with Gasteiger partial charge >= 0.3 is 5.97 Å². The Morgan fingerprint density at radius 1 is 1.60 bits per heavy atom. The molecule has 0 aromatic heterocycles. The van der Waals surface area contributed by atoms with E-state index in [4.69, 9.17) is 14.6 Å². The SMILES string of the molecule is COc1cccc2c1C(=O)OC(CO)C2. The first kappa shape index (κ1) is 9.98. The highest BCUT2D eigenvalue weighted by Gasteiger charge is 2.28. The highest BCUT2D eigenvalue weighted by molar-refractivity contribution is 5.95. The van der Waals surface area contributed by atoms with E-state index in [2.05, 4.69) is 0 Å². The number of methoxy groups -OCH3 is 1. The number of carbonyl (C=O) groups excluding carboxylic acids is 1. The van der Waals surface area contributed by atoms with Crippen LogP contribution >= 0.6 is 0 Å². The van der Waals surface area contributed by atoms with Gasteiger partial charge in [-0.15, -0.1) is 0 Å². The van der Waals surface area contributed by atoms with Crippen LogP contribution in [0.2, 0.25) is 0 Å². The van der Waals surface area contributed by atoms with Crippen molar-refractivity contribution in [3.05, 3.63) is 29.3 Å². The number of aliphatic hydroxyl groups excluding tert-OH is 1. The summed E-state index contributed by atoms with van der Waals surface area (Å²) in [6, 6.07) is 5.39. The van der Waals surface area contributed by atoms with Crippen molar-refractivity contribution in [3.63, 3.8) is 0 Å². The largest absolute Gasteiger partial charge is 0.496 e. The Morgan fingerprint density at radius 3 is 3.07 bits per heavy atom. The van der Waals surface area contributed by atoms with Gasteiger partial charge in [-0.25, -0.2) is 4.79 Å². The number of hydrogen-bond donors (Lipinski definition) is 1. The van der Waals surface area contributed by atoms with E-state index in [0.29, 0.717) is 17.7 Å². The van der Waals surface area contributed by atoms with Gasteiger partial charge in [0.25, 0.3) is 0 Å². The third kappa shape index (κ3) is 1.68. The number of aliphatic hydroxyl groups is 1. The van der Waals surface area contributed by atoms with E-state index in [1.807, 2.05) is 12.1 Å². The Kier molecular flexibility index (Phi) is 2.60. The molecular formula is C11H12O4. The van der Waals surface area contributed by atoms with E-state index in [9.17, 15) is 4.79 Å². The third-order valence-corrected chi connectivity index (χ3v) is 2.46. The van der Waals surface area contributed by atoms with E-state index in [0.717, 1.165) is 5.56 Å². The van der Waals surface area contributed by atoms with Crippen molar-refractivity contribution in [1.82, 2.24) is 0 Å². The van der Waals surface area contributed by atoms with Crippen LogP contribution in [-0.2, 0) is 11.2 Å². The molecule has 1 N–H and O–H groups in total. The fourth-order valence-corrected chi connectivity index (χ4v) is 1.75. The number of carbonyl (C=O) groups is 1. The van der Waals surface area contributed by atoms with E-state index in [1.165, 1.54) is 7.11 Å². The minimum atomic E-state index is -0.433. The maximum absolute atomic E-state index is 11.6. The molecule has 0 amide bonds. The molecule has 0 aliphatic carbocycles. The summed E-state index contributed by atoms with van der Waals surface area (Å²) in [5.41, 5.74) is 1.34. The average Bonchev–Trinajstić information content (AvgIpc) is 2.27. The molecular weight excluding hydrogens is 196 g/mol. The second-order valence-electron chi connectivity index (χ2n) is 3.41. The molecule has 0 bridgehead atoms. The number of ether oxygens (including phenoxy) is 2. The number of benzene rings is 1. The Balaban J connectivity index is 2.44. The lowest BCUT2D eigenvalue weighted by molar-refractivity contribution is 0.00897. The molecule has 15 heavy (non-hydrogen) atoms. The predicted octanol–water partition coefficient (Wildman–Crippen LogP) is 0.769. The summed E-state index contributed by atoms with van der Waals surface area (Å²) in [6.45, 7) is -0.150. The molecule has 0 radical (unpaired) electrons. The standard InChI is InChI=1S/C11H12O4/c1-14-9-4-2-3-7-5-8(6-12)15-11(13)10(7)9/h2-4,8,12H,5-6H2,1H3. The summed E-state index contributed by atoms with van der Waals surface area (Å²) in [6.07, 6.45) is 0.103. The Bertz CT molecular complexity index is 386. The molecule has 0 fully saturated rings. The molecule has 4 nitrogen and oxygen atoms in total. The van der Waals surface area contributed by atoms with Crippen molar-refractivity contribution in [2.45, 2.75) is 12.5 Å². The van der Waals surface area contributed by atoms with E-state index < -0.39 is 12.1 Å². The van der Waals surface area contributed by atoms with Gasteiger partial charge < -0.3 is 14.6 Å². The minimum Gasteiger partial charge on any atom is -0.496 e. The van der Waals surface area contributed by atoms with Gasteiger partial charge in [0, 0.05) is 6.42 Å². The quantitative estimate of drug-likeness (QED) is 0.729. The highest BCUT2D eigenvalue weighted by Crippen LogP contribution is 2.28. The fraction of sp³-hybridized carbons (Fsp3) is 0.364. The third-order valence-electron chi connectivity index (χ3n) is 2.46. The highest BCUT2D eigenvalue weighted by atomic mass is 16.6. The van der Waals surface area contributed by atoms with E-state index in [-0.39, 0.29) is 6.61 Å². The molecule has 1 aromatic rings. The number of rotatable bonds is 2. The second kappa shape index (κ2) is 3.90. The van der Waals surface area contributed by atoms with Gasteiger partial charge in [-0.3, -0.25) is 0 Å². The Morgan fingerprint density at radius 2 is 2.40 bits per heavy atom. The summed E-state index contributed by atoms with van der Waals surface area (Å²) in [5.74, 6) is 0.0987. The van der Waals surface area contributed by atoms with Gasteiger partial charge in [-0.2, -0.15) is 0 Å². The van der Waals surface area contributed by atoms with Crippen molar-refractivity contribution in [3.8, 4) is 5.75 Å². The van der Waals surface area contributed by atoms with Crippen molar-refractivity contribution < 1.29 is 19.4 Å². The van der Waals surface area contributed by atoms with Crippen molar-refractivity contribution in [1.29, 1.82) is 0 Å². The molecule has 4 heteroatoms. The van der Waals surface area contributed by atoms with Crippen molar-refractivity contribution in [2.75, 3.05) is 13.7 Å². The molecule has 80 valence electrons. The first-order valence-corrected chi connectivity index (χ1v) is 4.74. The molecule has 0 spiro atoms. The average molecular weight is 208 g/mol.